The summed E-state index contributed by atoms with van der Waals surface area (Å²) in [5.41, 5.74) is 5.93. The second kappa shape index (κ2) is 5.53. The lowest BCUT2D eigenvalue weighted by molar-refractivity contribution is 0.548. The zero-order valence-corrected chi connectivity index (χ0v) is 12.5. The molecule has 0 radical (unpaired) electrons. The van der Waals surface area contributed by atoms with E-state index in [0.29, 0.717) is 12.6 Å². The normalized spacial score (nSPS) is 22.0. The maximum atomic E-state index is 5.91. The first-order chi connectivity index (χ1) is 8.52. The van der Waals surface area contributed by atoms with E-state index in [0.717, 1.165) is 17.5 Å². The van der Waals surface area contributed by atoms with Crippen molar-refractivity contribution in [2.45, 2.75) is 57.9 Å². The minimum Gasteiger partial charge on any atom is -0.343 e. The molecule has 1 aliphatic heterocycles. The fraction of sp³-hybridized carbons (Fsp3) is 0.846. The van der Waals surface area contributed by atoms with E-state index in [-0.39, 0.29) is 5.41 Å². The van der Waals surface area contributed by atoms with Crippen molar-refractivity contribution in [1.29, 1.82) is 0 Å². The van der Waals surface area contributed by atoms with E-state index in [1.807, 2.05) is 0 Å². The topological polar surface area (TPSA) is 55.0 Å². The van der Waals surface area contributed by atoms with Crippen LogP contribution in [-0.4, -0.2) is 28.5 Å². The van der Waals surface area contributed by atoms with E-state index >= 15 is 0 Å². The molecule has 102 valence electrons. The summed E-state index contributed by atoms with van der Waals surface area (Å²) >= 11 is 1.52. The third-order valence-corrected chi connectivity index (χ3v) is 4.23. The van der Waals surface area contributed by atoms with Gasteiger partial charge in [-0.05, 0) is 12.8 Å². The highest BCUT2D eigenvalue weighted by atomic mass is 32.1. The van der Waals surface area contributed by atoms with Gasteiger partial charge in [-0.2, -0.15) is 4.37 Å². The minimum absolute atomic E-state index is 0.0266. The molecule has 1 atom stereocenters. The average Bonchev–Trinajstić information content (AvgIpc) is 2.68. The molecule has 4 nitrogen and oxygen atoms in total. The van der Waals surface area contributed by atoms with Crippen molar-refractivity contribution in [2.75, 3.05) is 18.0 Å². The molecule has 0 aliphatic carbocycles. The van der Waals surface area contributed by atoms with Crippen molar-refractivity contribution in [3.05, 3.63) is 5.82 Å². The predicted octanol–water partition coefficient (Wildman–Crippen LogP) is 2.54. The number of nitrogens with zero attached hydrogens (tertiary/aromatic N) is 3. The van der Waals surface area contributed by atoms with Gasteiger partial charge in [0.1, 0.15) is 5.82 Å². The van der Waals surface area contributed by atoms with Crippen molar-refractivity contribution in [2.24, 2.45) is 5.73 Å². The van der Waals surface area contributed by atoms with Crippen molar-refractivity contribution in [3.8, 4) is 0 Å². The Labute approximate surface area is 114 Å². The van der Waals surface area contributed by atoms with E-state index in [1.54, 1.807) is 0 Å². The number of nitrogens with two attached hydrogens (primary N) is 1. The molecule has 1 aromatic rings. The first kappa shape index (κ1) is 13.7. The van der Waals surface area contributed by atoms with Crippen LogP contribution in [0.25, 0.3) is 0 Å². The number of aromatic nitrogens is 2. The van der Waals surface area contributed by atoms with Crippen LogP contribution >= 0.6 is 11.5 Å². The second-order valence-corrected chi connectivity index (χ2v) is 6.81. The van der Waals surface area contributed by atoms with Crippen molar-refractivity contribution < 1.29 is 0 Å². The number of rotatable bonds is 2. The van der Waals surface area contributed by atoms with Gasteiger partial charge in [0.25, 0.3) is 0 Å². The maximum Gasteiger partial charge on any atom is 0.205 e. The Hall–Kier alpha value is -0.680. The zero-order valence-electron chi connectivity index (χ0n) is 11.6. The molecule has 5 heteroatoms. The van der Waals surface area contributed by atoms with Crippen LogP contribution in [0, 0.1) is 0 Å². The van der Waals surface area contributed by atoms with Crippen LogP contribution in [0.15, 0.2) is 0 Å². The van der Waals surface area contributed by atoms with Gasteiger partial charge in [-0.3, -0.25) is 0 Å². The van der Waals surface area contributed by atoms with Crippen LogP contribution < -0.4 is 10.6 Å². The van der Waals surface area contributed by atoms with Crippen LogP contribution in [-0.2, 0) is 5.41 Å². The van der Waals surface area contributed by atoms with Gasteiger partial charge in [0, 0.05) is 36.1 Å². The number of hydrogen-bond acceptors (Lipinski definition) is 5. The van der Waals surface area contributed by atoms with Crippen LogP contribution in [0.4, 0.5) is 5.13 Å². The molecule has 2 rings (SSSR count). The molecular weight excluding hydrogens is 244 g/mol. The van der Waals surface area contributed by atoms with Gasteiger partial charge in [0.15, 0.2) is 0 Å². The summed E-state index contributed by atoms with van der Waals surface area (Å²) in [5.74, 6) is 0.947. The predicted molar refractivity (Wildman–Crippen MR) is 77.3 cm³/mol. The van der Waals surface area contributed by atoms with Gasteiger partial charge in [-0.1, -0.05) is 33.6 Å². The molecule has 1 unspecified atom stereocenters. The standard InChI is InChI=1S/C13H24N4S/c1-13(2,3)11-15-12(18-16-11)17-8-6-4-5-7-10(17)9-14/h10H,4-9,14H2,1-3H3. The highest BCUT2D eigenvalue weighted by molar-refractivity contribution is 7.09. The fourth-order valence-electron chi connectivity index (χ4n) is 2.31. The molecule has 0 amide bonds. The van der Waals surface area contributed by atoms with Gasteiger partial charge in [-0.15, -0.1) is 0 Å². The molecule has 1 aromatic heterocycles. The Morgan fingerprint density at radius 1 is 1.33 bits per heavy atom. The minimum atomic E-state index is 0.0266. The van der Waals surface area contributed by atoms with E-state index < -0.39 is 0 Å². The van der Waals surface area contributed by atoms with E-state index in [9.17, 15) is 0 Å². The van der Waals surface area contributed by atoms with Crippen molar-refractivity contribution in [1.82, 2.24) is 9.36 Å². The highest BCUT2D eigenvalue weighted by Gasteiger charge is 2.26. The Kier molecular flexibility index (Phi) is 4.22. The summed E-state index contributed by atoms with van der Waals surface area (Å²) in [7, 11) is 0. The molecule has 18 heavy (non-hydrogen) atoms. The van der Waals surface area contributed by atoms with Crippen LogP contribution in [0.2, 0.25) is 0 Å². The van der Waals surface area contributed by atoms with E-state index in [4.69, 9.17) is 10.7 Å². The Bertz CT molecular complexity index is 383. The molecule has 0 aromatic carbocycles. The van der Waals surface area contributed by atoms with Crippen molar-refractivity contribution in [3.63, 3.8) is 0 Å². The average molecular weight is 268 g/mol. The monoisotopic (exact) mass is 268 g/mol. The lowest BCUT2D eigenvalue weighted by Gasteiger charge is -2.28. The molecule has 0 bridgehead atoms. The largest absolute Gasteiger partial charge is 0.343 e. The third-order valence-electron chi connectivity index (χ3n) is 3.48. The molecule has 1 aliphatic rings. The lowest BCUT2D eigenvalue weighted by atomic mass is 9.96. The Balaban J connectivity index is 2.20. The Morgan fingerprint density at radius 2 is 2.11 bits per heavy atom. The number of anilines is 1. The lowest BCUT2D eigenvalue weighted by Crippen LogP contribution is -2.40. The quantitative estimate of drug-likeness (QED) is 0.895. The zero-order chi connectivity index (χ0) is 13.2. The van der Waals surface area contributed by atoms with Crippen LogP contribution in [0.1, 0.15) is 52.3 Å². The third kappa shape index (κ3) is 3.01. The summed E-state index contributed by atoms with van der Waals surface area (Å²) in [6, 6.07) is 0.438. The molecule has 2 heterocycles. The van der Waals surface area contributed by atoms with E-state index in [2.05, 4.69) is 30.0 Å². The molecule has 1 saturated heterocycles. The fourth-order valence-corrected chi connectivity index (χ4v) is 3.27. The molecule has 1 fully saturated rings. The Morgan fingerprint density at radius 3 is 2.72 bits per heavy atom. The van der Waals surface area contributed by atoms with Gasteiger partial charge in [-0.25, -0.2) is 4.98 Å². The SMILES string of the molecule is CC(C)(C)c1nsc(N2CCCCCC2CN)n1. The molecular formula is C13H24N4S. The summed E-state index contributed by atoms with van der Waals surface area (Å²) in [6.07, 6.45) is 5.00. The molecule has 2 N–H and O–H groups in total. The summed E-state index contributed by atoms with van der Waals surface area (Å²) in [6.45, 7) is 8.25. The smallest absolute Gasteiger partial charge is 0.205 e. The maximum absolute atomic E-state index is 5.91. The number of hydrogen-bond donors (Lipinski definition) is 1. The summed E-state index contributed by atoms with van der Waals surface area (Å²) in [4.78, 5) is 7.10. The van der Waals surface area contributed by atoms with Crippen LogP contribution in [0.3, 0.4) is 0 Å². The molecule has 0 saturated carbocycles. The van der Waals surface area contributed by atoms with Gasteiger partial charge < -0.3 is 10.6 Å². The molecule has 0 spiro atoms. The van der Waals surface area contributed by atoms with Gasteiger partial charge >= 0.3 is 0 Å². The summed E-state index contributed by atoms with van der Waals surface area (Å²) < 4.78 is 4.51. The second-order valence-electron chi connectivity index (χ2n) is 6.08. The summed E-state index contributed by atoms with van der Waals surface area (Å²) in [5, 5.41) is 1.05. The van der Waals surface area contributed by atoms with Gasteiger partial charge in [0.2, 0.25) is 5.13 Å². The first-order valence-corrected chi connectivity index (χ1v) is 7.60. The van der Waals surface area contributed by atoms with Crippen LogP contribution in [0.5, 0.6) is 0 Å². The van der Waals surface area contributed by atoms with Gasteiger partial charge in [0.05, 0.1) is 0 Å². The van der Waals surface area contributed by atoms with Crippen molar-refractivity contribution >= 4 is 16.7 Å². The first-order valence-electron chi connectivity index (χ1n) is 6.83. The van der Waals surface area contributed by atoms with E-state index in [1.165, 1.54) is 37.2 Å². The highest BCUT2D eigenvalue weighted by Crippen LogP contribution is 2.29.